The van der Waals surface area contributed by atoms with Crippen LogP contribution in [0.3, 0.4) is 0 Å². The lowest BCUT2D eigenvalue weighted by Gasteiger charge is -2.36. The van der Waals surface area contributed by atoms with Gasteiger partial charge in [-0.25, -0.2) is 0 Å². The largest absolute Gasteiger partial charge is 0.476 e. The summed E-state index contributed by atoms with van der Waals surface area (Å²) in [6, 6.07) is 0. The lowest BCUT2D eigenvalue weighted by Crippen LogP contribution is -2.41. The van der Waals surface area contributed by atoms with Gasteiger partial charge in [0.05, 0.1) is 35.1 Å². The van der Waals surface area contributed by atoms with E-state index in [1.165, 1.54) is 0 Å². The second kappa shape index (κ2) is 10.6. The van der Waals surface area contributed by atoms with Crippen molar-refractivity contribution in [3.8, 4) is 5.88 Å². The fourth-order valence-electron chi connectivity index (χ4n) is 2.51. The first-order valence-electron chi connectivity index (χ1n) is 9.85. The van der Waals surface area contributed by atoms with Crippen molar-refractivity contribution in [1.82, 2.24) is 14.7 Å². The van der Waals surface area contributed by atoms with E-state index in [9.17, 15) is 5.11 Å². The predicted molar refractivity (Wildman–Crippen MR) is 122 cm³/mol. The molecule has 0 amide bonds. The van der Waals surface area contributed by atoms with Crippen molar-refractivity contribution in [2.75, 3.05) is 26.3 Å². The molecule has 6 nitrogen and oxygen atoms in total. The lowest BCUT2D eigenvalue weighted by atomic mass is 10.2. The third-order valence-corrected chi connectivity index (χ3v) is 10.8. The van der Waals surface area contributed by atoms with E-state index < -0.39 is 8.32 Å². The molecule has 0 saturated carbocycles. The molecule has 0 fully saturated rings. The van der Waals surface area contributed by atoms with Crippen molar-refractivity contribution in [3.63, 3.8) is 0 Å². The number of aliphatic hydroxyl groups excluding tert-OH is 1. The van der Waals surface area contributed by atoms with Gasteiger partial charge in [-0.3, -0.25) is 9.58 Å². The summed E-state index contributed by atoms with van der Waals surface area (Å²) in [6.45, 7) is 21.4. The second-order valence-corrected chi connectivity index (χ2v) is 14.4. The van der Waals surface area contributed by atoms with Gasteiger partial charge in [-0.05, 0) is 61.1 Å². The first-order valence-corrected chi connectivity index (χ1v) is 13.8. The molecule has 1 aromatic rings. The van der Waals surface area contributed by atoms with Crippen LogP contribution >= 0.6 is 22.6 Å². The minimum Gasteiger partial charge on any atom is -0.476 e. The van der Waals surface area contributed by atoms with Crippen LogP contribution in [0.1, 0.15) is 47.2 Å². The molecule has 0 radical (unpaired) electrons. The molecule has 27 heavy (non-hydrogen) atoms. The summed E-state index contributed by atoms with van der Waals surface area (Å²) in [6.07, 6.45) is -0.354. The number of likely N-dealkylation sites (N-methyl/N-ethyl adjacent to an activating group) is 1. The van der Waals surface area contributed by atoms with Gasteiger partial charge in [0.15, 0.2) is 8.32 Å². The van der Waals surface area contributed by atoms with E-state index in [-0.39, 0.29) is 11.1 Å². The van der Waals surface area contributed by atoms with E-state index in [0.717, 1.165) is 22.4 Å². The minimum atomic E-state index is -1.78. The Morgan fingerprint density at radius 1 is 1.30 bits per heavy atom. The topological polar surface area (TPSA) is 59.8 Å². The highest BCUT2D eigenvalue weighted by atomic mass is 127. The van der Waals surface area contributed by atoms with E-state index in [0.29, 0.717) is 32.2 Å². The molecule has 158 valence electrons. The smallest absolute Gasteiger partial charge is 0.246 e. The normalized spacial score (nSPS) is 14.0. The number of ether oxygens (including phenoxy) is 1. The average molecular weight is 512 g/mol. The van der Waals surface area contributed by atoms with Crippen molar-refractivity contribution in [3.05, 3.63) is 9.26 Å². The Morgan fingerprint density at radius 3 is 2.41 bits per heavy atom. The molecule has 0 aromatic carbocycles. The zero-order valence-corrected chi connectivity index (χ0v) is 21.5. The lowest BCUT2D eigenvalue weighted by molar-refractivity contribution is 0.123. The second-order valence-electron chi connectivity index (χ2n) is 8.51. The highest BCUT2D eigenvalue weighted by Gasteiger charge is 2.37. The molecule has 1 heterocycles. The monoisotopic (exact) mass is 511 g/mol. The van der Waals surface area contributed by atoms with Crippen LogP contribution in [-0.4, -0.2) is 60.5 Å². The Labute approximate surface area is 179 Å². The van der Waals surface area contributed by atoms with Gasteiger partial charge in [0, 0.05) is 13.1 Å². The van der Waals surface area contributed by atoms with Gasteiger partial charge in [0.2, 0.25) is 5.88 Å². The van der Waals surface area contributed by atoms with Crippen molar-refractivity contribution in [2.45, 2.75) is 78.9 Å². The summed E-state index contributed by atoms with van der Waals surface area (Å²) in [5.74, 6) is 0.688. The zero-order valence-electron chi connectivity index (χ0n) is 18.3. The number of nitrogens with zero attached hydrogens (tertiary/aromatic N) is 3. The number of halogens is 1. The maximum atomic E-state index is 9.76. The van der Waals surface area contributed by atoms with Gasteiger partial charge in [0.25, 0.3) is 0 Å². The Kier molecular flexibility index (Phi) is 9.73. The number of hydrogen-bond acceptors (Lipinski definition) is 5. The maximum Gasteiger partial charge on any atom is 0.246 e. The van der Waals surface area contributed by atoms with Crippen LogP contribution in [-0.2, 0) is 17.5 Å². The third-order valence-electron chi connectivity index (χ3n) is 5.16. The third kappa shape index (κ3) is 7.30. The predicted octanol–water partition coefficient (Wildman–Crippen LogP) is 4.11. The number of rotatable bonds is 11. The fourth-order valence-corrected chi connectivity index (χ4v) is 4.26. The molecule has 0 saturated heterocycles. The van der Waals surface area contributed by atoms with Gasteiger partial charge >= 0.3 is 0 Å². The van der Waals surface area contributed by atoms with Gasteiger partial charge in [-0.15, -0.1) is 5.10 Å². The van der Waals surface area contributed by atoms with Crippen LogP contribution in [0.5, 0.6) is 5.88 Å². The van der Waals surface area contributed by atoms with Gasteiger partial charge in [-0.2, -0.15) is 0 Å². The molecule has 0 spiro atoms. The van der Waals surface area contributed by atoms with E-state index in [4.69, 9.17) is 9.16 Å². The molecule has 1 aromatic heterocycles. The van der Waals surface area contributed by atoms with Crippen molar-refractivity contribution in [2.24, 2.45) is 0 Å². The molecule has 0 aliphatic rings. The standard InChI is InChI=1S/C19H38IN3O3Si/c1-9-22(13-15(3)24)14-16-17(20)18(25-10-2)21-23(16)11-12-26-27(7,8)19(4,5)6/h15,24H,9-14H2,1-8H3/t15-/m1/s1. The van der Waals surface area contributed by atoms with Gasteiger partial charge in [0.1, 0.15) is 0 Å². The minimum absolute atomic E-state index is 0.196. The highest BCUT2D eigenvalue weighted by molar-refractivity contribution is 14.1. The van der Waals surface area contributed by atoms with Crippen LogP contribution in [0.15, 0.2) is 0 Å². The number of hydrogen-bond donors (Lipinski definition) is 1. The van der Waals surface area contributed by atoms with Crippen LogP contribution < -0.4 is 4.74 Å². The van der Waals surface area contributed by atoms with Gasteiger partial charge < -0.3 is 14.3 Å². The Morgan fingerprint density at radius 2 is 1.93 bits per heavy atom. The van der Waals surface area contributed by atoms with Crippen LogP contribution in [0, 0.1) is 3.57 Å². The highest BCUT2D eigenvalue weighted by Crippen LogP contribution is 2.36. The maximum absolute atomic E-state index is 9.76. The van der Waals surface area contributed by atoms with Crippen LogP contribution in [0.4, 0.5) is 0 Å². The summed E-state index contributed by atoms with van der Waals surface area (Å²) in [7, 11) is -1.78. The summed E-state index contributed by atoms with van der Waals surface area (Å²) < 4.78 is 15.1. The van der Waals surface area contributed by atoms with E-state index in [1.807, 2.05) is 18.5 Å². The van der Waals surface area contributed by atoms with Crippen LogP contribution in [0.2, 0.25) is 18.1 Å². The first kappa shape index (κ1) is 24.9. The molecule has 1 N–H and O–H groups in total. The molecule has 0 aliphatic carbocycles. The van der Waals surface area contributed by atoms with Crippen LogP contribution in [0.25, 0.3) is 0 Å². The summed E-state index contributed by atoms with van der Waals surface area (Å²) >= 11 is 2.32. The molecule has 8 heteroatoms. The van der Waals surface area contributed by atoms with E-state index >= 15 is 0 Å². The summed E-state index contributed by atoms with van der Waals surface area (Å²) in [5.41, 5.74) is 1.13. The average Bonchev–Trinajstić information content (AvgIpc) is 2.82. The Balaban J connectivity index is 2.95. The van der Waals surface area contributed by atoms with E-state index in [1.54, 1.807) is 0 Å². The number of aliphatic hydroxyl groups is 1. The summed E-state index contributed by atoms with van der Waals surface area (Å²) in [5, 5.41) is 14.6. The fraction of sp³-hybridized carbons (Fsp3) is 0.842. The first-order chi connectivity index (χ1) is 12.4. The summed E-state index contributed by atoms with van der Waals surface area (Å²) in [4.78, 5) is 2.23. The molecule has 1 rings (SSSR count). The van der Waals surface area contributed by atoms with Crippen molar-refractivity contribution < 1.29 is 14.3 Å². The molecular weight excluding hydrogens is 473 g/mol. The van der Waals surface area contributed by atoms with Gasteiger partial charge in [-0.1, -0.05) is 27.7 Å². The van der Waals surface area contributed by atoms with Crippen molar-refractivity contribution >= 4 is 30.9 Å². The molecule has 0 aliphatic heterocycles. The molecule has 0 bridgehead atoms. The zero-order chi connectivity index (χ0) is 20.8. The Bertz CT molecular complexity index is 585. The van der Waals surface area contributed by atoms with E-state index in [2.05, 4.69) is 73.4 Å². The van der Waals surface area contributed by atoms with Crippen molar-refractivity contribution in [1.29, 1.82) is 0 Å². The molecule has 1 atom stereocenters. The molecule has 0 unspecified atom stereocenters. The Hall–Kier alpha value is -0.163. The quantitative estimate of drug-likeness (QED) is 0.358. The molecular formula is C19H38IN3O3Si. The number of aromatic nitrogens is 2. The SMILES string of the molecule is CCOc1nn(CCO[Si](C)(C)C(C)(C)C)c(CN(CC)C[C@@H](C)O)c1I.